The molecule has 1 aromatic carbocycles. The summed E-state index contributed by atoms with van der Waals surface area (Å²) in [5.74, 6) is -0.689. The molecule has 0 unspecified atom stereocenters. The predicted molar refractivity (Wildman–Crippen MR) is 81.1 cm³/mol. The number of nitrogen functional groups attached to an aromatic ring is 1. The highest BCUT2D eigenvalue weighted by Crippen LogP contribution is 2.19. The van der Waals surface area contributed by atoms with Crippen LogP contribution in [0.2, 0.25) is 0 Å². The molecular formula is C14H15N3O3S. The number of nitrogens with one attached hydrogen (secondary N) is 1. The van der Waals surface area contributed by atoms with Gasteiger partial charge in [-0.3, -0.25) is 4.79 Å². The summed E-state index contributed by atoms with van der Waals surface area (Å²) in [4.78, 5) is 27.0. The summed E-state index contributed by atoms with van der Waals surface area (Å²) >= 11 is 1.27. The van der Waals surface area contributed by atoms with E-state index in [1.54, 1.807) is 17.5 Å². The number of aromatic nitrogens is 1. The Bertz CT molecular complexity index is 682. The summed E-state index contributed by atoms with van der Waals surface area (Å²) in [6.07, 6.45) is 0. The van der Waals surface area contributed by atoms with E-state index in [4.69, 9.17) is 10.5 Å². The minimum absolute atomic E-state index is 0.0301. The number of amides is 1. The van der Waals surface area contributed by atoms with E-state index in [2.05, 4.69) is 10.3 Å². The molecular weight excluding hydrogens is 290 g/mol. The van der Waals surface area contributed by atoms with E-state index in [0.29, 0.717) is 22.1 Å². The minimum atomic E-state index is -0.495. The molecule has 0 atom stereocenters. The number of nitrogens with two attached hydrogens (primary N) is 1. The highest BCUT2D eigenvalue weighted by atomic mass is 32.1. The maximum absolute atomic E-state index is 12.0. The fraction of sp³-hybridized carbons (Fsp3) is 0.214. The van der Waals surface area contributed by atoms with Crippen LogP contribution in [0.25, 0.3) is 0 Å². The van der Waals surface area contributed by atoms with Crippen LogP contribution in [0.4, 0.5) is 10.8 Å². The molecule has 0 spiro atoms. The van der Waals surface area contributed by atoms with E-state index in [1.165, 1.54) is 18.3 Å². The molecule has 0 bridgehead atoms. The van der Waals surface area contributed by atoms with Crippen molar-refractivity contribution in [2.45, 2.75) is 20.5 Å². The SMILES string of the molecule is CC(=O)Nc1nc(COC(=O)c2cccc(C)c2N)cs1. The van der Waals surface area contributed by atoms with E-state index in [0.717, 1.165) is 5.56 Å². The Hall–Kier alpha value is -2.41. The molecule has 0 fully saturated rings. The minimum Gasteiger partial charge on any atom is -0.455 e. The first-order valence-electron chi connectivity index (χ1n) is 6.21. The van der Waals surface area contributed by atoms with Crippen molar-refractivity contribution in [1.82, 2.24) is 4.98 Å². The molecule has 0 aliphatic heterocycles. The smallest absolute Gasteiger partial charge is 0.340 e. The first kappa shape index (κ1) is 15.0. The molecule has 110 valence electrons. The summed E-state index contributed by atoms with van der Waals surface area (Å²) in [5, 5.41) is 4.77. The molecule has 0 saturated carbocycles. The Balaban J connectivity index is 1.99. The number of para-hydroxylation sites is 1. The lowest BCUT2D eigenvalue weighted by Gasteiger charge is -2.07. The molecule has 0 aliphatic carbocycles. The molecule has 6 nitrogen and oxygen atoms in total. The van der Waals surface area contributed by atoms with Gasteiger partial charge in [-0.1, -0.05) is 12.1 Å². The predicted octanol–water partition coefficient (Wildman–Crippen LogP) is 2.35. The van der Waals surface area contributed by atoms with Gasteiger partial charge in [0.1, 0.15) is 6.61 Å². The van der Waals surface area contributed by atoms with Crippen LogP contribution >= 0.6 is 11.3 Å². The van der Waals surface area contributed by atoms with Crippen LogP contribution in [0.1, 0.15) is 28.5 Å². The topological polar surface area (TPSA) is 94.3 Å². The van der Waals surface area contributed by atoms with Crippen LogP contribution < -0.4 is 11.1 Å². The molecule has 0 aliphatic rings. The van der Waals surface area contributed by atoms with Gasteiger partial charge in [-0.05, 0) is 18.6 Å². The maximum Gasteiger partial charge on any atom is 0.340 e. The van der Waals surface area contributed by atoms with Gasteiger partial charge in [-0.25, -0.2) is 9.78 Å². The number of esters is 1. The standard InChI is InChI=1S/C14H15N3O3S/c1-8-4-3-5-11(12(8)15)13(19)20-6-10-7-21-14(17-10)16-9(2)18/h3-5,7H,6,15H2,1-2H3,(H,16,17,18). The number of rotatable bonds is 4. The van der Waals surface area contributed by atoms with E-state index in [-0.39, 0.29) is 12.5 Å². The van der Waals surface area contributed by atoms with Crippen molar-refractivity contribution in [2.24, 2.45) is 0 Å². The third-order valence-electron chi connectivity index (χ3n) is 2.73. The third kappa shape index (κ3) is 3.79. The van der Waals surface area contributed by atoms with E-state index in [9.17, 15) is 9.59 Å². The normalized spacial score (nSPS) is 10.2. The summed E-state index contributed by atoms with van der Waals surface area (Å²) < 4.78 is 5.18. The van der Waals surface area contributed by atoms with Crippen LogP contribution in [0.15, 0.2) is 23.6 Å². The lowest BCUT2D eigenvalue weighted by atomic mass is 10.1. The Morgan fingerprint density at radius 3 is 2.90 bits per heavy atom. The van der Waals surface area contributed by atoms with Crippen LogP contribution in [-0.4, -0.2) is 16.9 Å². The second kappa shape index (κ2) is 6.36. The molecule has 21 heavy (non-hydrogen) atoms. The zero-order chi connectivity index (χ0) is 15.4. The summed E-state index contributed by atoms with van der Waals surface area (Å²) in [5.41, 5.74) is 8.00. The third-order valence-corrected chi connectivity index (χ3v) is 3.54. The second-order valence-electron chi connectivity index (χ2n) is 4.44. The van der Waals surface area contributed by atoms with Crippen molar-refractivity contribution in [3.8, 4) is 0 Å². The fourth-order valence-corrected chi connectivity index (χ4v) is 2.40. The maximum atomic E-state index is 12.0. The van der Waals surface area contributed by atoms with Crippen molar-refractivity contribution in [3.05, 3.63) is 40.4 Å². The van der Waals surface area contributed by atoms with Crippen LogP contribution in [0.5, 0.6) is 0 Å². The first-order chi connectivity index (χ1) is 9.97. The van der Waals surface area contributed by atoms with Crippen LogP contribution in [0, 0.1) is 6.92 Å². The molecule has 2 aromatic rings. The molecule has 3 N–H and O–H groups in total. The van der Waals surface area contributed by atoms with Crippen molar-refractivity contribution in [3.63, 3.8) is 0 Å². The lowest BCUT2D eigenvalue weighted by Crippen LogP contribution is -2.09. The number of thiazole rings is 1. The molecule has 7 heteroatoms. The molecule has 2 rings (SSSR count). The van der Waals surface area contributed by atoms with Crippen molar-refractivity contribution in [2.75, 3.05) is 11.1 Å². The molecule has 1 aromatic heterocycles. The average molecular weight is 305 g/mol. The number of aryl methyl sites for hydroxylation is 1. The molecule has 1 heterocycles. The average Bonchev–Trinajstić information content (AvgIpc) is 2.86. The largest absolute Gasteiger partial charge is 0.455 e. The zero-order valence-corrected chi connectivity index (χ0v) is 12.5. The van der Waals surface area contributed by atoms with Gasteiger partial charge >= 0.3 is 5.97 Å². The monoisotopic (exact) mass is 305 g/mol. The van der Waals surface area contributed by atoms with Crippen molar-refractivity contribution >= 4 is 34.0 Å². The van der Waals surface area contributed by atoms with Crippen LogP contribution in [-0.2, 0) is 16.1 Å². The number of nitrogens with zero attached hydrogens (tertiary/aromatic N) is 1. The highest BCUT2D eigenvalue weighted by Gasteiger charge is 2.13. The van der Waals surface area contributed by atoms with Gasteiger partial charge in [0.25, 0.3) is 0 Å². The van der Waals surface area contributed by atoms with E-state index in [1.807, 2.05) is 13.0 Å². The summed E-state index contributed by atoms with van der Waals surface area (Å²) in [7, 11) is 0. The van der Waals surface area contributed by atoms with Gasteiger partial charge in [0.05, 0.1) is 11.3 Å². The van der Waals surface area contributed by atoms with Crippen molar-refractivity contribution in [1.29, 1.82) is 0 Å². The van der Waals surface area contributed by atoms with Crippen molar-refractivity contribution < 1.29 is 14.3 Å². The molecule has 0 saturated heterocycles. The van der Waals surface area contributed by atoms with E-state index >= 15 is 0 Å². The number of hydrogen-bond acceptors (Lipinski definition) is 6. The number of carbonyl (C=O) groups is 2. The van der Waals surface area contributed by atoms with Gasteiger partial charge in [-0.15, -0.1) is 11.3 Å². The number of benzene rings is 1. The first-order valence-corrected chi connectivity index (χ1v) is 7.09. The van der Waals surface area contributed by atoms with E-state index < -0.39 is 5.97 Å². The second-order valence-corrected chi connectivity index (χ2v) is 5.30. The summed E-state index contributed by atoms with van der Waals surface area (Å²) in [6, 6.07) is 5.20. The lowest BCUT2D eigenvalue weighted by molar-refractivity contribution is -0.114. The fourth-order valence-electron chi connectivity index (χ4n) is 1.66. The quantitative estimate of drug-likeness (QED) is 0.668. The highest BCUT2D eigenvalue weighted by molar-refractivity contribution is 7.13. The van der Waals surface area contributed by atoms with Gasteiger partial charge < -0.3 is 15.8 Å². The molecule has 1 amide bonds. The number of hydrogen-bond donors (Lipinski definition) is 2. The van der Waals surface area contributed by atoms with Gasteiger partial charge in [-0.2, -0.15) is 0 Å². The summed E-state index contributed by atoms with van der Waals surface area (Å²) in [6.45, 7) is 3.26. The molecule has 0 radical (unpaired) electrons. The van der Waals surface area contributed by atoms with Crippen LogP contribution in [0.3, 0.4) is 0 Å². The number of ether oxygens (including phenoxy) is 1. The number of anilines is 2. The van der Waals surface area contributed by atoms with Gasteiger partial charge in [0, 0.05) is 18.0 Å². The Morgan fingerprint density at radius 2 is 2.19 bits per heavy atom. The number of carbonyl (C=O) groups excluding carboxylic acids is 2. The Kier molecular flexibility index (Phi) is 4.54. The Labute approximate surface area is 125 Å². The van der Waals surface area contributed by atoms with Gasteiger partial charge in [0.2, 0.25) is 5.91 Å². The van der Waals surface area contributed by atoms with Gasteiger partial charge in [0.15, 0.2) is 5.13 Å². The Morgan fingerprint density at radius 1 is 1.43 bits per heavy atom. The zero-order valence-electron chi connectivity index (χ0n) is 11.7.